The zero-order valence-corrected chi connectivity index (χ0v) is 25.1. The van der Waals surface area contributed by atoms with E-state index in [4.69, 9.17) is 4.74 Å². The van der Waals surface area contributed by atoms with E-state index in [0.29, 0.717) is 36.1 Å². The van der Waals surface area contributed by atoms with Crippen molar-refractivity contribution in [3.8, 4) is 5.75 Å². The standard InChI is InChI=1S/C32H39IN2O5/c1-20-6-8-21(9-7-20)19-35(30(37)18-24-15-22-10-11-23(24)14-22)27-16-25(32(39)34-12-13-36)17-29(31(27)38)40-28-5-3-2-4-26(28)33/h2-9,17,22-24,27,29,31,36,38H,10-16,18-19H2,1H3,(H,34,39). The number of aryl methyl sites for hydroxylation is 1. The van der Waals surface area contributed by atoms with E-state index in [0.717, 1.165) is 27.0 Å². The van der Waals surface area contributed by atoms with Crippen LogP contribution in [0.25, 0.3) is 0 Å². The number of benzene rings is 2. The molecule has 3 aliphatic rings. The number of halogens is 1. The third-order valence-electron chi connectivity index (χ3n) is 8.83. The number of carbonyl (C=O) groups is 2. The van der Waals surface area contributed by atoms with Gasteiger partial charge in [0.2, 0.25) is 11.8 Å². The molecule has 3 aliphatic carbocycles. The topological polar surface area (TPSA) is 99.1 Å². The van der Waals surface area contributed by atoms with Crippen LogP contribution in [-0.4, -0.2) is 58.3 Å². The number of fused-ring (bicyclic) bond motifs is 2. The van der Waals surface area contributed by atoms with E-state index in [-0.39, 0.29) is 31.4 Å². The Kier molecular flexibility index (Phi) is 9.48. The quantitative estimate of drug-likeness (QED) is 0.330. The predicted octanol–water partition coefficient (Wildman–Crippen LogP) is 4.37. The normalized spacial score (nSPS) is 27.2. The first kappa shape index (κ1) is 29.1. The summed E-state index contributed by atoms with van der Waals surface area (Å²) in [6, 6.07) is 15.0. The number of para-hydroxylation sites is 1. The third kappa shape index (κ3) is 6.71. The Morgan fingerprint density at radius 1 is 1.10 bits per heavy atom. The Labute approximate surface area is 250 Å². The maximum atomic E-state index is 14.1. The molecule has 2 amide bonds. The first-order valence-electron chi connectivity index (χ1n) is 14.4. The summed E-state index contributed by atoms with van der Waals surface area (Å²) < 4.78 is 7.17. The second-order valence-electron chi connectivity index (χ2n) is 11.6. The van der Waals surface area contributed by atoms with Crippen LogP contribution < -0.4 is 10.1 Å². The molecule has 0 radical (unpaired) electrons. The van der Waals surface area contributed by atoms with Crippen LogP contribution in [0.5, 0.6) is 5.75 Å². The molecule has 0 heterocycles. The van der Waals surface area contributed by atoms with E-state index in [1.165, 1.54) is 19.3 Å². The molecule has 214 valence electrons. The van der Waals surface area contributed by atoms with Crippen LogP contribution >= 0.6 is 22.6 Å². The highest BCUT2D eigenvalue weighted by molar-refractivity contribution is 14.1. The van der Waals surface area contributed by atoms with Gasteiger partial charge in [0.15, 0.2) is 0 Å². The molecule has 0 spiro atoms. The van der Waals surface area contributed by atoms with E-state index in [1.807, 2.05) is 55.5 Å². The molecule has 8 heteroatoms. The first-order valence-corrected chi connectivity index (χ1v) is 15.4. The summed E-state index contributed by atoms with van der Waals surface area (Å²) in [6.07, 6.45) is 5.31. The highest BCUT2D eigenvalue weighted by Crippen LogP contribution is 2.49. The van der Waals surface area contributed by atoms with Crippen molar-refractivity contribution in [3.63, 3.8) is 0 Å². The smallest absolute Gasteiger partial charge is 0.247 e. The number of carbonyl (C=O) groups excluding carboxylic acids is 2. The van der Waals surface area contributed by atoms with Crippen molar-refractivity contribution in [2.45, 2.75) is 70.2 Å². The molecule has 2 saturated carbocycles. The van der Waals surface area contributed by atoms with Gasteiger partial charge in [0.25, 0.3) is 0 Å². The van der Waals surface area contributed by atoms with E-state index in [2.05, 4.69) is 27.9 Å². The van der Waals surface area contributed by atoms with E-state index < -0.39 is 18.2 Å². The van der Waals surface area contributed by atoms with E-state index in [9.17, 15) is 19.8 Å². The molecule has 3 N–H and O–H groups in total. The summed E-state index contributed by atoms with van der Waals surface area (Å²) in [4.78, 5) is 29.0. The lowest BCUT2D eigenvalue weighted by Crippen LogP contribution is -2.55. The van der Waals surface area contributed by atoms with E-state index in [1.54, 1.807) is 11.0 Å². The molecule has 6 unspecified atom stereocenters. The molecular weight excluding hydrogens is 619 g/mol. The number of nitrogens with one attached hydrogen (secondary N) is 1. The Morgan fingerprint density at radius 3 is 2.55 bits per heavy atom. The van der Waals surface area contributed by atoms with Gasteiger partial charge >= 0.3 is 0 Å². The average molecular weight is 659 g/mol. The lowest BCUT2D eigenvalue weighted by atomic mass is 9.84. The number of hydrogen-bond acceptors (Lipinski definition) is 5. The lowest BCUT2D eigenvalue weighted by molar-refractivity contribution is -0.141. The third-order valence-corrected chi connectivity index (χ3v) is 9.72. The zero-order valence-electron chi connectivity index (χ0n) is 23.0. The fourth-order valence-corrected chi connectivity index (χ4v) is 7.23. The number of hydrogen-bond donors (Lipinski definition) is 3. The maximum absolute atomic E-state index is 14.1. The summed E-state index contributed by atoms with van der Waals surface area (Å²) in [5.41, 5.74) is 2.56. The van der Waals surface area contributed by atoms with E-state index >= 15 is 0 Å². The van der Waals surface area contributed by atoms with Gasteiger partial charge in [0.1, 0.15) is 18.0 Å². The Balaban J connectivity index is 1.45. The van der Waals surface area contributed by atoms with Crippen LogP contribution in [0.4, 0.5) is 0 Å². The van der Waals surface area contributed by atoms with Crippen molar-refractivity contribution < 1.29 is 24.5 Å². The van der Waals surface area contributed by atoms with Crippen LogP contribution in [-0.2, 0) is 16.1 Å². The number of amides is 2. The van der Waals surface area contributed by atoms with Gasteiger partial charge in [-0.2, -0.15) is 0 Å². The summed E-state index contributed by atoms with van der Waals surface area (Å²) in [6.45, 7) is 2.33. The number of nitrogens with zero attached hydrogens (tertiary/aromatic N) is 1. The summed E-state index contributed by atoms with van der Waals surface area (Å²) in [7, 11) is 0. The fraction of sp³-hybridized carbons (Fsp3) is 0.500. The fourth-order valence-electron chi connectivity index (χ4n) is 6.72. The molecule has 0 saturated heterocycles. The first-order chi connectivity index (χ1) is 19.3. The monoisotopic (exact) mass is 658 g/mol. The van der Waals surface area contributed by atoms with Gasteiger partial charge in [-0.15, -0.1) is 0 Å². The highest BCUT2D eigenvalue weighted by atomic mass is 127. The predicted molar refractivity (Wildman–Crippen MR) is 161 cm³/mol. The molecular formula is C32H39IN2O5. The van der Waals surface area contributed by atoms with Gasteiger partial charge in [0.05, 0.1) is 16.2 Å². The van der Waals surface area contributed by atoms with Crippen LogP contribution in [0.2, 0.25) is 0 Å². The Hall–Kier alpha value is -2.43. The van der Waals surface area contributed by atoms with Crippen LogP contribution in [0.1, 0.15) is 49.7 Å². The molecule has 6 atom stereocenters. The minimum Gasteiger partial charge on any atom is -0.482 e. The number of rotatable bonds is 10. The molecule has 2 aromatic rings. The zero-order chi connectivity index (χ0) is 28.2. The summed E-state index contributed by atoms with van der Waals surface area (Å²) in [5.74, 6) is 2.04. The molecule has 0 aromatic heterocycles. The van der Waals surface area contributed by atoms with Gasteiger partial charge in [0, 0.05) is 31.5 Å². The van der Waals surface area contributed by atoms with Crippen molar-refractivity contribution >= 4 is 34.4 Å². The van der Waals surface area contributed by atoms with Crippen molar-refractivity contribution in [1.82, 2.24) is 10.2 Å². The minimum absolute atomic E-state index is 0.0206. The molecule has 2 fully saturated rings. The van der Waals surface area contributed by atoms with Crippen molar-refractivity contribution in [1.29, 1.82) is 0 Å². The molecule has 0 aliphatic heterocycles. The SMILES string of the molecule is Cc1ccc(CN(C(=O)CC2CC3CCC2C3)C2CC(C(=O)NCCO)=CC(Oc3ccccc3I)C2O)cc1. The van der Waals surface area contributed by atoms with Crippen molar-refractivity contribution in [2.75, 3.05) is 13.2 Å². The second-order valence-corrected chi connectivity index (χ2v) is 12.8. The summed E-state index contributed by atoms with van der Waals surface area (Å²) >= 11 is 2.19. The number of aliphatic hydroxyl groups is 2. The van der Waals surface area contributed by atoms with Gasteiger partial charge in [-0.05, 0) is 90.3 Å². The van der Waals surface area contributed by atoms with Crippen LogP contribution in [0.3, 0.4) is 0 Å². The van der Waals surface area contributed by atoms with Gasteiger partial charge in [-0.1, -0.05) is 48.4 Å². The summed E-state index contributed by atoms with van der Waals surface area (Å²) in [5, 5.41) is 23.7. The number of ether oxygens (including phenoxy) is 1. The molecule has 5 rings (SSSR count). The van der Waals surface area contributed by atoms with Gasteiger partial charge in [-0.25, -0.2) is 0 Å². The molecule has 2 bridgehead atoms. The highest BCUT2D eigenvalue weighted by Gasteiger charge is 2.44. The van der Waals surface area contributed by atoms with Crippen molar-refractivity contribution in [3.05, 3.63) is 74.9 Å². The van der Waals surface area contributed by atoms with Gasteiger partial charge in [-0.3, -0.25) is 9.59 Å². The molecule has 40 heavy (non-hydrogen) atoms. The maximum Gasteiger partial charge on any atom is 0.247 e. The van der Waals surface area contributed by atoms with Crippen LogP contribution in [0, 0.1) is 28.2 Å². The van der Waals surface area contributed by atoms with Crippen molar-refractivity contribution in [2.24, 2.45) is 17.8 Å². The molecule has 2 aromatic carbocycles. The second kappa shape index (κ2) is 13.0. The Morgan fingerprint density at radius 2 is 1.88 bits per heavy atom. The van der Waals surface area contributed by atoms with Gasteiger partial charge < -0.3 is 25.2 Å². The lowest BCUT2D eigenvalue weighted by Gasteiger charge is -2.41. The Bertz CT molecular complexity index is 1230. The minimum atomic E-state index is -1.03. The largest absolute Gasteiger partial charge is 0.482 e. The molecule has 7 nitrogen and oxygen atoms in total. The number of aliphatic hydroxyl groups excluding tert-OH is 2. The van der Waals surface area contributed by atoms with Crippen LogP contribution in [0.15, 0.2) is 60.2 Å². The average Bonchev–Trinajstić information content (AvgIpc) is 3.57.